The lowest BCUT2D eigenvalue weighted by molar-refractivity contribution is 0.410. The average molecular weight is 309 g/mol. The summed E-state index contributed by atoms with van der Waals surface area (Å²) >= 11 is 3.45. The molecule has 96 valence electrons. The Morgan fingerprint density at radius 3 is 3.00 bits per heavy atom. The largest absolute Gasteiger partial charge is 0.468 e. The van der Waals surface area contributed by atoms with Crippen molar-refractivity contribution in [1.29, 1.82) is 0 Å². The van der Waals surface area contributed by atoms with Gasteiger partial charge in [-0.25, -0.2) is 0 Å². The summed E-state index contributed by atoms with van der Waals surface area (Å²) in [7, 11) is 0. The van der Waals surface area contributed by atoms with Gasteiger partial charge in [0.2, 0.25) is 0 Å². The molecule has 0 aliphatic rings. The van der Waals surface area contributed by atoms with Crippen molar-refractivity contribution in [3.63, 3.8) is 0 Å². The molecule has 1 unspecified atom stereocenters. The third-order valence-corrected chi connectivity index (χ3v) is 3.16. The van der Waals surface area contributed by atoms with Crippen LogP contribution in [0.1, 0.15) is 30.7 Å². The molecule has 0 bridgehead atoms. The van der Waals surface area contributed by atoms with Crippen LogP contribution in [0.15, 0.2) is 45.7 Å². The Labute approximate surface area is 116 Å². The number of hydrogen-bond acceptors (Lipinski definition) is 3. The third-order valence-electron chi connectivity index (χ3n) is 2.73. The van der Waals surface area contributed by atoms with Crippen molar-refractivity contribution >= 4 is 15.9 Å². The fourth-order valence-corrected chi connectivity index (χ4v) is 2.30. The van der Waals surface area contributed by atoms with Crippen LogP contribution in [0.5, 0.6) is 0 Å². The minimum absolute atomic E-state index is 0.205. The lowest BCUT2D eigenvalue weighted by Gasteiger charge is -2.16. The minimum atomic E-state index is 0.205. The van der Waals surface area contributed by atoms with Gasteiger partial charge in [0.1, 0.15) is 5.76 Å². The molecule has 0 spiro atoms. The van der Waals surface area contributed by atoms with E-state index in [1.807, 2.05) is 18.3 Å². The van der Waals surface area contributed by atoms with Crippen LogP contribution < -0.4 is 5.32 Å². The molecule has 1 N–H and O–H groups in total. The van der Waals surface area contributed by atoms with Crippen molar-refractivity contribution in [3.8, 4) is 0 Å². The standard InChI is InChI=1S/C14H17BrN2O/c1-2-5-17-13(14-4-3-6-18-14)8-11-7-12(15)10-16-9-11/h3-4,6-7,9-10,13,17H,2,5,8H2,1H3. The smallest absolute Gasteiger partial charge is 0.121 e. The van der Waals surface area contributed by atoms with Gasteiger partial charge in [-0.1, -0.05) is 6.92 Å². The zero-order valence-corrected chi connectivity index (χ0v) is 12.0. The summed E-state index contributed by atoms with van der Waals surface area (Å²) in [4.78, 5) is 4.19. The Bertz CT molecular complexity index is 470. The third kappa shape index (κ3) is 3.68. The SMILES string of the molecule is CCCNC(Cc1cncc(Br)c1)c1ccco1. The van der Waals surface area contributed by atoms with Gasteiger partial charge >= 0.3 is 0 Å². The van der Waals surface area contributed by atoms with Crippen molar-refractivity contribution in [1.82, 2.24) is 10.3 Å². The van der Waals surface area contributed by atoms with E-state index in [9.17, 15) is 0 Å². The van der Waals surface area contributed by atoms with E-state index >= 15 is 0 Å². The van der Waals surface area contributed by atoms with E-state index in [-0.39, 0.29) is 6.04 Å². The van der Waals surface area contributed by atoms with Gasteiger partial charge in [0, 0.05) is 16.9 Å². The zero-order valence-electron chi connectivity index (χ0n) is 10.4. The molecule has 4 heteroatoms. The Kier molecular flexibility index (Phi) is 4.96. The number of nitrogens with zero attached hydrogens (tertiary/aromatic N) is 1. The Morgan fingerprint density at radius 1 is 1.44 bits per heavy atom. The number of pyridine rings is 1. The molecule has 0 amide bonds. The van der Waals surface area contributed by atoms with Gasteiger partial charge in [-0.3, -0.25) is 4.98 Å². The lowest BCUT2D eigenvalue weighted by atomic mass is 10.1. The van der Waals surface area contributed by atoms with Crippen LogP contribution in [-0.2, 0) is 6.42 Å². The van der Waals surface area contributed by atoms with Gasteiger partial charge in [-0.2, -0.15) is 0 Å². The van der Waals surface area contributed by atoms with Crippen LogP contribution in [0.3, 0.4) is 0 Å². The number of nitrogens with one attached hydrogen (secondary N) is 1. The van der Waals surface area contributed by atoms with E-state index in [0.29, 0.717) is 0 Å². The predicted molar refractivity (Wildman–Crippen MR) is 75.4 cm³/mol. The summed E-state index contributed by atoms with van der Waals surface area (Å²) in [5.41, 5.74) is 1.19. The molecule has 1 atom stereocenters. The maximum absolute atomic E-state index is 5.50. The average Bonchev–Trinajstić information content (AvgIpc) is 2.88. The number of rotatable bonds is 6. The quantitative estimate of drug-likeness (QED) is 0.884. The molecule has 2 aromatic heterocycles. The molecule has 2 aromatic rings. The molecule has 18 heavy (non-hydrogen) atoms. The summed E-state index contributed by atoms with van der Waals surface area (Å²) in [6, 6.07) is 6.24. The fraction of sp³-hybridized carbons (Fsp3) is 0.357. The molecule has 2 rings (SSSR count). The molecule has 0 aliphatic carbocycles. The van der Waals surface area contributed by atoms with Crippen molar-refractivity contribution in [2.75, 3.05) is 6.54 Å². The number of furan rings is 1. The Balaban J connectivity index is 2.10. The molecule has 0 saturated carbocycles. The second-order valence-electron chi connectivity index (χ2n) is 4.24. The summed E-state index contributed by atoms with van der Waals surface area (Å²) in [6.45, 7) is 3.14. The van der Waals surface area contributed by atoms with Crippen LogP contribution in [-0.4, -0.2) is 11.5 Å². The highest BCUT2D eigenvalue weighted by molar-refractivity contribution is 9.10. The predicted octanol–water partition coefficient (Wildman–Crippen LogP) is 3.72. The Hall–Kier alpha value is -1.13. The molecule has 0 fully saturated rings. The monoisotopic (exact) mass is 308 g/mol. The van der Waals surface area contributed by atoms with Crippen molar-refractivity contribution in [2.24, 2.45) is 0 Å². The van der Waals surface area contributed by atoms with E-state index in [1.165, 1.54) is 5.56 Å². The van der Waals surface area contributed by atoms with E-state index in [4.69, 9.17) is 4.42 Å². The summed E-state index contributed by atoms with van der Waals surface area (Å²) in [5, 5.41) is 3.50. The highest BCUT2D eigenvalue weighted by atomic mass is 79.9. The first kappa shape index (κ1) is 13.3. The number of hydrogen-bond donors (Lipinski definition) is 1. The first-order chi connectivity index (χ1) is 8.79. The summed E-state index contributed by atoms with van der Waals surface area (Å²) in [5.74, 6) is 0.975. The van der Waals surface area contributed by atoms with Gasteiger partial charge in [-0.05, 0) is 59.1 Å². The normalized spacial score (nSPS) is 12.6. The van der Waals surface area contributed by atoms with Gasteiger partial charge in [0.05, 0.1) is 12.3 Å². The van der Waals surface area contributed by atoms with Gasteiger partial charge in [0.15, 0.2) is 0 Å². The van der Waals surface area contributed by atoms with Gasteiger partial charge in [0.25, 0.3) is 0 Å². The first-order valence-corrected chi connectivity index (χ1v) is 6.95. The van der Waals surface area contributed by atoms with Crippen LogP contribution in [0.25, 0.3) is 0 Å². The second-order valence-corrected chi connectivity index (χ2v) is 5.15. The first-order valence-electron chi connectivity index (χ1n) is 6.16. The second kappa shape index (κ2) is 6.71. The van der Waals surface area contributed by atoms with E-state index in [1.54, 1.807) is 12.5 Å². The molecular weight excluding hydrogens is 292 g/mol. The van der Waals surface area contributed by atoms with Crippen molar-refractivity contribution in [3.05, 3.63) is 52.7 Å². The summed E-state index contributed by atoms with van der Waals surface area (Å²) in [6.07, 6.45) is 7.39. The molecule has 0 aliphatic heterocycles. The fourth-order valence-electron chi connectivity index (χ4n) is 1.88. The topological polar surface area (TPSA) is 38.1 Å². The van der Waals surface area contributed by atoms with Crippen LogP contribution in [0.4, 0.5) is 0 Å². The highest BCUT2D eigenvalue weighted by Gasteiger charge is 2.14. The molecule has 3 nitrogen and oxygen atoms in total. The maximum Gasteiger partial charge on any atom is 0.121 e. The van der Waals surface area contributed by atoms with Crippen molar-refractivity contribution < 1.29 is 4.42 Å². The molecule has 0 saturated heterocycles. The van der Waals surface area contributed by atoms with Crippen LogP contribution in [0.2, 0.25) is 0 Å². The lowest BCUT2D eigenvalue weighted by Crippen LogP contribution is -2.23. The van der Waals surface area contributed by atoms with E-state index < -0.39 is 0 Å². The number of aromatic nitrogens is 1. The molecule has 0 radical (unpaired) electrons. The number of halogens is 1. The molecular formula is C14H17BrN2O. The van der Waals surface area contributed by atoms with Crippen molar-refractivity contribution in [2.45, 2.75) is 25.8 Å². The van der Waals surface area contributed by atoms with Gasteiger partial charge < -0.3 is 9.73 Å². The molecule has 0 aromatic carbocycles. The minimum Gasteiger partial charge on any atom is -0.468 e. The van der Waals surface area contributed by atoms with Crippen LogP contribution in [0, 0.1) is 0 Å². The van der Waals surface area contributed by atoms with E-state index in [2.05, 4.69) is 39.2 Å². The van der Waals surface area contributed by atoms with E-state index in [0.717, 1.165) is 29.6 Å². The van der Waals surface area contributed by atoms with Crippen LogP contribution >= 0.6 is 15.9 Å². The summed E-state index contributed by atoms with van der Waals surface area (Å²) < 4.78 is 6.51. The highest BCUT2D eigenvalue weighted by Crippen LogP contribution is 2.20. The molecule has 2 heterocycles. The zero-order chi connectivity index (χ0) is 12.8. The van der Waals surface area contributed by atoms with Gasteiger partial charge in [-0.15, -0.1) is 0 Å². The maximum atomic E-state index is 5.50. The Morgan fingerprint density at radius 2 is 2.33 bits per heavy atom.